The Kier molecular flexibility index (Phi) is 3.29. The van der Waals surface area contributed by atoms with Gasteiger partial charge in [0.1, 0.15) is 5.76 Å². The Morgan fingerprint density at radius 3 is 2.89 bits per heavy atom. The van der Waals surface area contributed by atoms with Crippen molar-refractivity contribution in [3.05, 3.63) is 41.5 Å². The molecule has 0 aliphatic rings. The zero-order valence-electron chi connectivity index (χ0n) is 9.80. The van der Waals surface area contributed by atoms with Crippen molar-refractivity contribution in [2.75, 3.05) is 5.32 Å². The maximum atomic E-state index is 11.8. The Labute approximate surface area is 103 Å². The number of aromatic nitrogens is 1. The van der Waals surface area contributed by atoms with Gasteiger partial charge in [0, 0.05) is 5.69 Å². The highest BCUT2D eigenvalue weighted by atomic mass is 16.4. The van der Waals surface area contributed by atoms with E-state index in [1.807, 2.05) is 0 Å². The first-order valence-corrected chi connectivity index (χ1v) is 5.37. The number of aryl methyl sites for hydroxylation is 1. The summed E-state index contributed by atoms with van der Waals surface area (Å²) in [5.41, 5.74) is 6.07. The number of aromatic hydroxyl groups is 1. The second kappa shape index (κ2) is 4.89. The van der Waals surface area contributed by atoms with E-state index in [-0.39, 0.29) is 23.9 Å². The standard InChI is InChI=1S/C12H13N3O3/c1-7-2-4-9(16)11(14-7)15-12(17)10-5-3-8(6-13)18-10/h2-5,16H,6,13H2,1H3,(H,14,15,17). The maximum absolute atomic E-state index is 11.8. The van der Waals surface area contributed by atoms with Gasteiger partial charge >= 0.3 is 0 Å². The smallest absolute Gasteiger partial charge is 0.292 e. The van der Waals surface area contributed by atoms with Crippen LogP contribution in [0.2, 0.25) is 0 Å². The zero-order valence-corrected chi connectivity index (χ0v) is 9.80. The molecule has 0 aromatic carbocycles. The first-order chi connectivity index (χ1) is 8.60. The van der Waals surface area contributed by atoms with Gasteiger partial charge in [0.05, 0.1) is 6.54 Å². The van der Waals surface area contributed by atoms with Crippen molar-refractivity contribution in [2.45, 2.75) is 13.5 Å². The van der Waals surface area contributed by atoms with Crippen LogP contribution < -0.4 is 11.1 Å². The fourth-order valence-electron chi connectivity index (χ4n) is 1.42. The van der Waals surface area contributed by atoms with Gasteiger partial charge in [-0.05, 0) is 31.2 Å². The highest BCUT2D eigenvalue weighted by Gasteiger charge is 2.13. The van der Waals surface area contributed by atoms with Crippen molar-refractivity contribution >= 4 is 11.7 Å². The van der Waals surface area contributed by atoms with Crippen LogP contribution in [0.4, 0.5) is 5.82 Å². The molecule has 2 rings (SSSR count). The van der Waals surface area contributed by atoms with Crippen molar-refractivity contribution in [3.8, 4) is 5.75 Å². The summed E-state index contributed by atoms with van der Waals surface area (Å²) in [6, 6.07) is 6.25. The molecule has 2 heterocycles. The summed E-state index contributed by atoms with van der Waals surface area (Å²) in [6.07, 6.45) is 0. The third kappa shape index (κ3) is 2.49. The van der Waals surface area contributed by atoms with Crippen molar-refractivity contribution in [3.63, 3.8) is 0 Å². The van der Waals surface area contributed by atoms with Gasteiger partial charge in [0.2, 0.25) is 0 Å². The fourth-order valence-corrected chi connectivity index (χ4v) is 1.42. The first kappa shape index (κ1) is 12.1. The number of hydrogen-bond donors (Lipinski definition) is 3. The molecule has 0 saturated heterocycles. The summed E-state index contributed by atoms with van der Waals surface area (Å²) in [6.45, 7) is 1.98. The molecule has 0 unspecified atom stereocenters. The van der Waals surface area contributed by atoms with Gasteiger partial charge in [0.15, 0.2) is 17.3 Å². The summed E-state index contributed by atoms with van der Waals surface area (Å²) in [7, 11) is 0. The number of rotatable bonds is 3. The lowest BCUT2D eigenvalue weighted by atomic mass is 10.3. The van der Waals surface area contributed by atoms with Crippen LogP contribution in [0.3, 0.4) is 0 Å². The van der Waals surface area contributed by atoms with E-state index in [0.717, 1.165) is 0 Å². The largest absolute Gasteiger partial charge is 0.504 e. The molecule has 0 fully saturated rings. The summed E-state index contributed by atoms with van der Waals surface area (Å²) in [5, 5.41) is 12.0. The quantitative estimate of drug-likeness (QED) is 0.761. The molecule has 0 atom stereocenters. The van der Waals surface area contributed by atoms with E-state index < -0.39 is 5.91 Å². The molecule has 0 bridgehead atoms. The van der Waals surface area contributed by atoms with Crippen LogP contribution in [0.15, 0.2) is 28.7 Å². The highest BCUT2D eigenvalue weighted by Crippen LogP contribution is 2.21. The minimum Gasteiger partial charge on any atom is -0.504 e. The lowest BCUT2D eigenvalue weighted by Gasteiger charge is -2.05. The topological polar surface area (TPSA) is 101 Å². The molecule has 1 amide bonds. The molecular formula is C12H13N3O3. The average molecular weight is 247 g/mol. The number of hydrogen-bond acceptors (Lipinski definition) is 5. The van der Waals surface area contributed by atoms with Gasteiger partial charge < -0.3 is 20.6 Å². The maximum Gasteiger partial charge on any atom is 0.292 e. The zero-order chi connectivity index (χ0) is 13.1. The van der Waals surface area contributed by atoms with Crippen LogP contribution in [0.5, 0.6) is 5.75 Å². The van der Waals surface area contributed by atoms with Crippen LogP contribution >= 0.6 is 0 Å². The minimum atomic E-state index is -0.483. The van der Waals surface area contributed by atoms with E-state index in [4.69, 9.17) is 10.2 Å². The van der Waals surface area contributed by atoms with Crippen LogP contribution in [0, 0.1) is 6.92 Å². The second-order valence-corrected chi connectivity index (χ2v) is 3.74. The monoisotopic (exact) mass is 247 g/mol. The molecule has 94 valence electrons. The van der Waals surface area contributed by atoms with Gasteiger partial charge in [-0.3, -0.25) is 4.79 Å². The fraction of sp³-hybridized carbons (Fsp3) is 0.167. The molecule has 0 aliphatic carbocycles. The molecule has 6 nitrogen and oxygen atoms in total. The predicted octanol–water partition coefficient (Wildman–Crippen LogP) is 1.40. The van der Waals surface area contributed by atoms with E-state index >= 15 is 0 Å². The number of amides is 1. The normalized spacial score (nSPS) is 10.3. The van der Waals surface area contributed by atoms with Crippen LogP contribution in [-0.4, -0.2) is 16.0 Å². The predicted molar refractivity (Wildman–Crippen MR) is 65.2 cm³/mol. The number of pyridine rings is 1. The number of anilines is 1. The summed E-state index contributed by atoms with van der Waals surface area (Å²) in [4.78, 5) is 15.8. The SMILES string of the molecule is Cc1ccc(O)c(NC(=O)c2ccc(CN)o2)n1. The summed E-state index contributed by atoms with van der Waals surface area (Å²) >= 11 is 0. The molecule has 2 aromatic heterocycles. The Bertz CT molecular complexity index is 578. The third-order valence-electron chi connectivity index (χ3n) is 2.33. The van der Waals surface area contributed by atoms with Gasteiger partial charge in [-0.2, -0.15) is 0 Å². The van der Waals surface area contributed by atoms with E-state index in [0.29, 0.717) is 11.5 Å². The number of nitrogens with one attached hydrogen (secondary N) is 1. The number of carbonyl (C=O) groups is 1. The second-order valence-electron chi connectivity index (χ2n) is 3.74. The molecule has 0 saturated carbocycles. The molecule has 4 N–H and O–H groups in total. The third-order valence-corrected chi connectivity index (χ3v) is 2.33. The van der Waals surface area contributed by atoms with Crippen LogP contribution in [0.25, 0.3) is 0 Å². The van der Waals surface area contributed by atoms with Gasteiger partial charge in [-0.25, -0.2) is 4.98 Å². The summed E-state index contributed by atoms with van der Waals surface area (Å²) in [5.74, 6) is 0.160. The van der Waals surface area contributed by atoms with Crippen LogP contribution in [0.1, 0.15) is 22.0 Å². The lowest BCUT2D eigenvalue weighted by Crippen LogP contribution is -2.12. The number of nitrogens with two attached hydrogens (primary N) is 1. The van der Waals surface area contributed by atoms with E-state index in [1.165, 1.54) is 12.1 Å². The molecule has 0 radical (unpaired) electrons. The van der Waals surface area contributed by atoms with Gasteiger partial charge in [-0.15, -0.1) is 0 Å². The van der Waals surface area contributed by atoms with Crippen molar-refractivity contribution in [2.24, 2.45) is 5.73 Å². The molecule has 18 heavy (non-hydrogen) atoms. The van der Waals surface area contributed by atoms with Crippen molar-refractivity contribution in [1.29, 1.82) is 0 Å². The van der Waals surface area contributed by atoms with Crippen molar-refractivity contribution in [1.82, 2.24) is 4.98 Å². The highest BCUT2D eigenvalue weighted by molar-refractivity contribution is 6.02. The number of nitrogens with zero attached hydrogens (tertiary/aromatic N) is 1. The van der Waals surface area contributed by atoms with E-state index in [9.17, 15) is 9.90 Å². The Hall–Kier alpha value is -2.34. The number of carbonyl (C=O) groups excluding carboxylic acids is 1. The van der Waals surface area contributed by atoms with E-state index in [2.05, 4.69) is 10.3 Å². The lowest BCUT2D eigenvalue weighted by molar-refractivity contribution is 0.0994. The molecule has 2 aromatic rings. The van der Waals surface area contributed by atoms with Crippen LogP contribution in [-0.2, 0) is 6.54 Å². The van der Waals surface area contributed by atoms with Gasteiger partial charge in [0.25, 0.3) is 5.91 Å². The Morgan fingerprint density at radius 2 is 2.22 bits per heavy atom. The Morgan fingerprint density at radius 1 is 1.44 bits per heavy atom. The number of furan rings is 1. The van der Waals surface area contributed by atoms with Crippen molar-refractivity contribution < 1.29 is 14.3 Å². The average Bonchev–Trinajstić information content (AvgIpc) is 2.82. The molecule has 0 aliphatic heterocycles. The van der Waals surface area contributed by atoms with Gasteiger partial charge in [-0.1, -0.05) is 0 Å². The van der Waals surface area contributed by atoms with E-state index in [1.54, 1.807) is 19.1 Å². The molecule has 6 heteroatoms. The summed E-state index contributed by atoms with van der Waals surface area (Å²) < 4.78 is 5.19. The minimum absolute atomic E-state index is 0.0976. The molecule has 0 spiro atoms. The first-order valence-electron chi connectivity index (χ1n) is 5.37. The molecular weight excluding hydrogens is 234 g/mol. The Balaban J connectivity index is 2.18.